The second-order valence-electron chi connectivity index (χ2n) is 4.05. The van der Waals surface area contributed by atoms with Crippen LogP contribution in [0.2, 0.25) is 0 Å². The van der Waals surface area contributed by atoms with Crippen LogP contribution in [0.4, 0.5) is 11.4 Å². The summed E-state index contributed by atoms with van der Waals surface area (Å²) in [5.74, 6) is 0.462. The van der Waals surface area contributed by atoms with Crippen LogP contribution in [0.25, 0.3) is 0 Å². The number of nitro benzene ring substituents is 2. The molecule has 2 aromatic carbocycles. The maximum absolute atomic E-state index is 11.0. The van der Waals surface area contributed by atoms with E-state index in [0.717, 1.165) is 0 Å². The largest absolute Gasteiger partial charge is 0.450 e. The molecule has 7 nitrogen and oxygen atoms in total. The fourth-order valence-electron chi connectivity index (χ4n) is 1.64. The van der Waals surface area contributed by atoms with Gasteiger partial charge in [-0.25, -0.2) is 0 Å². The van der Waals surface area contributed by atoms with Crippen LogP contribution in [0.15, 0.2) is 42.5 Å². The molecule has 0 N–H and O–H groups in total. The lowest BCUT2D eigenvalue weighted by Crippen LogP contribution is -1.95. The first kappa shape index (κ1) is 14.7. The van der Waals surface area contributed by atoms with E-state index in [2.05, 4.69) is 0 Å². The first-order chi connectivity index (χ1) is 10.0. The molecular formula is C13H9ClN2O5. The monoisotopic (exact) mass is 308 g/mol. The minimum atomic E-state index is -0.573. The minimum Gasteiger partial charge on any atom is -0.450 e. The number of rotatable bonds is 5. The summed E-state index contributed by atoms with van der Waals surface area (Å²) in [7, 11) is 0. The van der Waals surface area contributed by atoms with Crippen LogP contribution in [-0.4, -0.2) is 9.85 Å². The van der Waals surface area contributed by atoms with Crippen molar-refractivity contribution in [2.24, 2.45) is 0 Å². The average molecular weight is 309 g/mol. The van der Waals surface area contributed by atoms with Crippen molar-refractivity contribution in [3.05, 3.63) is 68.3 Å². The van der Waals surface area contributed by atoms with Gasteiger partial charge in [0, 0.05) is 24.1 Å². The number of benzene rings is 2. The summed E-state index contributed by atoms with van der Waals surface area (Å²) in [5.41, 5.74) is 0.292. The molecule has 0 aliphatic carbocycles. The molecule has 0 saturated carbocycles. The van der Waals surface area contributed by atoms with Crippen molar-refractivity contribution in [3.63, 3.8) is 0 Å². The molecule has 0 atom stereocenters. The van der Waals surface area contributed by atoms with Crippen molar-refractivity contribution in [2.75, 3.05) is 0 Å². The summed E-state index contributed by atoms with van der Waals surface area (Å²) >= 11 is 5.64. The van der Waals surface area contributed by atoms with E-state index in [1.807, 2.05) is 0 Å². The lowest BCUT2D eigenvalue weighted by Gasteiger charge is -2.07. The molecule has 0 aromatic heterocycles. The number of nitrogens with zero attached hydrogens (tertiary/aromatic N) is 2. The third-order valence-electron chi connectivity index (χ3n) is 2.65. The van der Waals surface area contributed by atoms with Gasteiger partial charge in [-0.15, -0.1) is 11.6 Å². The third kappa shape index (κ3) is 3.46. The van der Waals surface area contributed by atoms with E-state index in [0.29, 0.717) is 5.56 Å². The summed E-state index contributed by atoms with van der Waals surface area (Å²) in [6, 6.07) is 9.64. The highest BCUT2D eigenvalue weighted by Crippen LogP contribution is 2.33. The number of non-ortho nitro benzene ring substituents is 1. The second kappa shape index (κ2) is 6.19. The molecule has 21 heavy (non-hydrogen) atoms. The average Bonchev–Trinajstić information content (AvgIpc) is 2.48. The van der Waals surface area contributed by atoms with Crippen LogP contribution in [-0.2, 0) is 5.88 Å². The number of alkyl halides is 1. The molecule has 0 amide bonds. The Morgan fingerprint density at radius 2 is 1.67 bits per heavy atom. The van der Waals surface area contributed by atoms with Crippen LogP contribution < -0.4 is 4.74 Å². The Morgan fingerprint density at radius 1 is 1.00 bits per heavy atom. The van der Waals surface area contributed by atoms with Crippen molar-refractivity contribution in [1.82, 2.24) is 0 Å². The fraction of sp³-hybridized carbons (Fsp3) is 0.0769. The van der Waals surface area contributed by atoms with E-state index < -0.39 is 9.85 Å². The Labute approximate surface area is 124 Å². The van der Waals surface area contributed by atoms with E-state index >= 15 is 0 Å². The van der Waals surface area contributed by atoms with Crippen molar-refractivity contribution < 1.29 is 14.6 Å². The van der Waals surface area contributed by atoms with Gasteiger partial charge in [0.1, 0.15) is 5.75 Å². The number of hydrogen-bond acceptors (Lipinski definition) is 5. The Kier molecular flexibility index (Phi) is 4.34. The van der Waals surface area contributed by atoms with Gasteiger partial charge in [0.25, 0.3) is 5.69 Å². The van der Waals surface area contributed by atoms with E-state index in [9.17, 15) is 20.2 Å². The molecule has 108 valence electrons. The molecule has 2 aromatic rings. The van der Waals surface area contributed by atoms with Gasteiger partial charge in [-0.2, -0.15) is 0 Å². The SMILES string of the molecule is O=[N+]([O-])c1ccc(Oc2ccc(CCl)cc2[N+](=O)[O-])cc1. The maximum atomic E-state index is 11.0. The highest BCUT2D eigenvalue weighted by Gasteiger charge is 2.17. The summed E-state index contributed by atoms with van der Waals surface area (Å²) in [4.78, 5) is 20.5. The molecular weight excluding hydrogens is 300 g/mol. The van der Waals surface area contributed by atoms with E-state index in [4.69, 9.17) is 16.3 Å². The Balaban J connectivity index is 2.30. The van der Waals surface area contributed by atoms with Crippen LogP contribution >= 0.6 is 11.6 Å². The molecule has 0 bridgehead atoms. The zero-order valence-corrected chi connectivity index (χ0v) is 11.3. The van der Waals surface area contributed by atoms with Gasteiger partial charge in [0.2, 0.25) is 5.75 Å². The quantitative estimate of drug-likeness (QED) is 0.472. The van der Waals surface area contributed by atoms with Crippen LogP contribution in [0.5, 0.6) is 11.5 Å². The number of nitro groups is 2. The van der Waals surface area contributed by atoms with E-state index in [1.54, 1.807) is 6.07 Å². The molecule has 0 fully saturated rings. The number of halogens is 1. The molecule has 0 saturated heterocycles. The minimum absolute atomic E-state index is 0.0442. The van der Waals surface area contributed by atoms with E-state index in [-0.39, 0.29) is 28.8 Å². The molecule has 0 unspecified atom stereocenters. The lowest BCUT2D eigenvalue weighted by molar-refractivity contribution is -0.385. The fourth-order valence-corrected chi connectivity index (χ4v) is 1.80. The topological polar surface area (TPSA) is 95.5 Å². The zero-order chi connectivity index (χ0) is 15.4. The molecule has 0 heterocycles. The van der Waals surface area contributed by atoms with Gasteiger partial charge in [-0.05, 0) is 23.8 Å². The van der Waals surface area contributed by atoms with Crippen LogP contribution in [0.3, 0.4) is 0 Å². The van der Waals surface area contributed by atoms with Gasteiger partial charge in [0.15, 0.2) is 0 Å². The normalized spacial score (nSPS) is 10.1. The zero-order valence-electron chi connectivity index (χ0n) is 10.6. The number of hydrogen-bond donors (Lipinski definition) is 0. The molecule has 0 aliphatic heterocycles. The predicted molar refractivity (Wildman–Crippen MR) is 75.8 cm³/mol. The van der Waals surface area contributed by atoms with Gasteiger partial charge in [0.05, 0.1) is 9.85 Å². The summed E-state index contributed by atoms with van der Waals surface area (Å²) < 4.78 is 5.40. The summed E-state index contributed by atoms with van der Waals surface area (Å²) in [5, 5.41) is 21.6. The van der Waals surface area contributed by atoms with Crippen LogP contribution in [0.1, 0.15) is 5.56 Å². The first-order valence-corrected chi connectivity index (χ1v) is 6.30. The lowest BCUT2D eigenvalue weighted by atomic mass is 10.2. The second-order valence-corrected chi connectivity index (χ2v) is 4.31. The molecule has 0 radical (unpaired) electrons. The Bertz CT molecular complexity index is 687. The summed E-state index contributed by atoms with van der Waals surface area (Å²) in [6.07, 6.45) is 0. The van der Waals surface area contributed by atoms with Crippen molar-refractivity contribution in [3.8, 4) is 11.5 Å². The predicted octanol–water partition coefficient (Wildman–Crippen LogP) is 4.03. The summed E-state index contributed by atoms with van der Waals surface area (Å²) in [6.45, 7) is 0. The van der Waals surface area contributed by atoms with E-state index in [1.165, 1.54) is 36.4 Å². The molecule has 0 spiro atoms. The highest BCUT2D eigenvalue weighted by molar-refractivity contribution is 6.17. The highest BCUT2D eigenvalue weighted by atomic mass is 35.5. The first-order valence-electron chi connectivity index (χ1n) is 5.77. The van der Waals surface area contributed by atoms with Gasteiger partial charge in [-0.3, -0.25) is 20.2 Å². The number of ether oxygens (including phenoxy) is 1. The van der Waals surface area contributed by atoms with Crippen molar-refractivity contribution in [1.29, 1.82) is 0 Å². The smallest absolute Gasteiger partial charge is 0.311 e. The van der Waals surface area contributed by atoms with Gasteiger partial charge in [-0.1, -0.05) is 6.07 Å². The van der Waals surface area contributed by atoms with Gasteiger partial charge >= 0.3 is 5.69 Å². The third-order valence-corrected chi connectivity index (χ3v) is 2.96. The molecule has 8 heteroatoms. The van der Waals surface area contributed by atoms with Gasteiger partial charge < -0.3 is 4.74 Å². The molecule has 0 aliphatic rings. The maximum Gasteiger partial charge on any atom is 0.311 e. The van der Waals surface area contributed by atoms with Crippen molar-refractivity contribution >= 4 is 23.0 Å². The Hall–Kier alpha value is -2.67. The van der Waals surface area contributed by atoms with Crippen LogP contribution in [0, 0.1) is 20.2 Å². The molecule has 2 rings (SSSR count). The Morgan fingerprint density at radius 3 is 2.19 bits per heavy atom. The standard InChI is InChI=1S/C13H9ClN2O5/c14-8-9-1-6-13(12(7-9)16(19)20)21-11-4-2-10(3-5-11)15(17)18/h1-7H,8H2. The van der Waals surface area contributed by atoms with Crippen molar-refractivity contribution in [2.45, 2.75) is 5.88 Å².